The number of hydrogen-bond acceptors (Lipinski definition) is 3. The zero-order chi connectivity index (χ0) is 11.6. The Morgan fingerprint density at radius 1 is 1.44 bits per heavy atom. The van der Waals surface area contributed by atoms with Gasteiger partial charge in [-0.1, -0.05) is 12.1 Å². The average molecular weight is 217 g/mol. The van der Waals surface area contributed by atoms with Crippen LogP contribution in [0.15, 0.2) is 24.3 Å². The van der Waals surface area contributed by atoms with Crippen LogP contribution in [0.1, 0.15) is 30.9 Å². The minimum atomic E-state index is -0.530. The van der Waals surface area contributed by atoms with Gasteiger partial charge in [-0.3, -0.25) is 0 Å². The highest BCUT2D eigenvalue weighted by atomic mass is 16.5. The van der Waals surface area contributed by atoms with Crippen molar-refractivity contribution in [1.82, 2.24) is 0 Å². The van der Waals surface area contributed by atoms with Crippen LogP contribution in [0.4, 0.5) is 0 Å². The summed E-state index contributed by atoms with van der Waals surface area (Å²) >= 11 is 0. The van der Waals surface area contributed by atoms with E-state index in [2.05, 4.69) is 6.07 Å². The fourth-order valence-electron chi connectivity index (χ4n) is 2.00. The van der Waals surface area contributed by atoms with E-state index in [4.69, 9.17) is 10.00 Å². The highest BCUT2D eigenvalue weighted by molar-refractivity contribution is 5.30. The third-order valence-electron chi connectivity index (χ3n) is 3.33. The maximum atomic E-state index is 10.2. The summed E-state index contributed by atoms with van der Waals surface area (Å²) in [6.45, 7) is 0. The lowest BCUT2D eigenvalue weighted by Crippen LogP contribution is -2.13. The van der Waals surface area contributed by atoms with Crippen molar-refractivity contribution in [2.75, 3.05) is 7.11 Å². The zero-order valence-corrected chi connectivity index (χ0v) is 9.31. The van der Waals surface area contributed by atoms with E-state index < -0.39 is 6.10 Å². The van der Waals surface area contributed by atoms with Gasteiger partial charge in [0.15, 0.2) is 0 Å². The maximum absolute atomic E-state index is 10.2. The van der Waals surface area contributed by atoms with Gasteiger partial charge in [-0.2, -0.15) is 5.26 Å². The zero-order valence-electron chi connectivity index (χ0n) is 9.31. The van der Waals surface area contributed by atoms with E-state index >= 15 is 0 Å². The molecular formula is C13H15NO2. The molecule has 1 fully saturated rings. The quantitative estimate of drug-likeness (QED) is 0.842. The van der Waals surface area contributed by atoms with Gasteiger partial charge in [0.25, 0.3) is 0 Å². The minimum absolute atomic E-state index is 0.191. The summed E-state index contributed by atoms with van der Waals surface area (Å²) in [4.78, 5) is 0. The van der Waals surface area contributed by atoms with Crippen LogP contribution in [-0.4, -0.2) is 12.2 Å². The Morgan fingerprint density at radius 2 is 2.06 bits per heavy atom. The summed E-state index contributed by atoms with van der Waals surface area (Å²) in [5.74, 6) is 0.779. The van der Waals surface area contributed by atoms with Gasteiger partial charge in [-0.05, 0) is 30.5 Å². The van der Waals surface area contributed by atoms with Gasteiger partial charge < -0.3 is 9.84 Å². The predicted molar refractivity (Wildman–Crippen MR) is 59.9 cm³/mol. The number of aliphatic hydroxyl groups excluding tert-OH is 1. The van der Waals surface area contributed by atoms with Crippen molar-refractivity contribution in [2.24, 2.45) is 5.41 Å². The molecule has 1 aliphatic carbocycles. The van der Waals surface area contributed by atoms with Crippen molar-refractivity contribution in [1.29, 1.82) is 5.26 Å². The first-order chi connectivity index (χ1) is 7.72. The number of nitrogens with zero attached hydrogens (tertiary/aromatic N) is 1. The monoisotopic (exact) mass is 217 g/mol. The summed E-state index contributed by atoms with van der Waals surface area (Å²) in [6.07, 6.45) is 1.78. The number of benzene rings is 1. The SMILES string of the molecule is COc1ccc(C(O)C2(CC#N)CC2)cc1. The van der Waals surface area contributed by atoms with Gasteiger partial charge in [0.1, 0.15) is 5.75 Å². The van der Waals surface area contributed by atoms with Crippen molar-refractivity contribution in [2.45, 2.75) is 25.4 Å². The Morgan fingerprint density at radius 3 is 2.50 bits per heavy atom. The van der Waals surface area contributed by atoms with E-state index in [0.717, 1.165) is 24.2 Å². The second kappa shape index (κ2) is 4.15. The van der Waals surface area contributed by atoms with Crippen LogP contribution in [0.3, 0.4) is 0 Å². The van der Waals surface area contributed by atoms with Gasteiger partial charge in [0.05, 0.1) is 19.3 Å². The third-order valence-corrected chi connectivity index (χ3v) is 3.33. The van der Waals surface area contributed by atoms with E-state index in [0.29, 0.717) is 6.42 Å². The van der Waals surface area contributed by atoms with Crippen molar-refractivity contribution < 1.29 is 9.84 Å². The summed E-state index contributed by atoms with van der Waals surface area (Å²) in [6, 6.07) is 9.55. The smallest absolute Gasteiger partial charge is 0.118 e. The molecule has 0 bridgehead atoms. The first kappa shape index (κ1) is 11.0. The number of hydrogen-bond donors (Lipinski definition) is 1. The van der Waals surface area contributed by atoms with E-state index in [9.17, 15) is 5.11 Å². The lowest BCUT2D eigenvalue weighted by Gasteiger charge is -2.19. The van der Waals surface area contributed by atoms with Gasteiger partial charge in [0.2, 0.25) is 0 Å². The molecule has 0 radical (unpaired) electrons. The lowest BCUT2D eigenvalue weighted by atomic mass is 9.90. The van der Waals surface area contributed by atoms with Crippen molar-refractivity contribution in [3.63, 3.8) is 0 Å². The summed E-state index contributed by atoms with van der Waals surface area (Å²) < 4.78 is 5.06. The number of methoxy groups -OCH3 is 1. The average Bonchev–Trinajstić information content (AvgIpc) is 3.10. The summed E-state index contributed by atoms with van der Waals surface area (Å²) in [7, 11) is 1.61. The number of rotatable bonds is 4. The summed E-state index contributed by atoms with van der Waals surface area (Å²) in [5.41, 5.74) is 0.678. The lowest BCUT2D eigenvalue weighted by molar-refractivity contribution is 0.0952. The molecule has 1 atom stereocenters. The van der Waals surface area contributed by atoms with Crippen LogP contribution in [-0.2, 0) is 0 Å². The van der Waals surface area contributed by atoms with Crippen LogP contribution in [0.5, 0.6) is 5.75 Å². The second-order valence-corrected chi connectivity index (χ2v) is 4.37. The highest BCUT2D eigenvalue weighted by Gasteiger charge is 2.49. The topological polar surface area (TPSA) is 53.2 Å². The Bertz CT molecular complexity index is 401. The standard InChI is InChI=1S/C13H15NO2/c1-16-11-4-2-10(3-5-11)12(15)13(6-7-13)8-9-14/h2-5,12,15H,6-8H2,1H3. The van der Waals surface area contributed by atoms with Gasteiger partial charge in [-0.25, -0.2) is 0 Å². The van der Waals surface area contributed by atoms with E-state index in [1.807, 2.05) is 24.3 Å². The van der Waals surface area contributed by atoms with Crippen LogP contribution in [0.2, 0.25) is 0 Å². The second-order valence-electron chi connectivity index (χ2n) is 4.37. The normalized spacial score (nSPS) is 18.6. The molecule has 16 heavy (non-hydrogen) atoms. The van der Waals surface area contributed by atoms with Crippen molar-refractivity contribution in [3.8, 4) is 11.8 Å². The molecule has 1 aromatic rings. The molecule has 1 aliphatic rings. The molecule has 84 valence electrons. The Balaban J connectivity index is 2.15. The molecule has 0 aromatic heterocycles. The van der Waals surface area contributed by atoms with Crippen molar-refractivity contribution in [3.05, 3.63) is 29.8 Å². The fourth-order valence-corrected chi connectivity index (χ4v) is 2.00. The molecule has 3 nitrogen and oxygen atoms in total. The molecule has 3 heteroatoms. The van der Waals surface area contributed by atoms with Gasteiger partial charge in [0, 0.05) is 11.8 Å². The molecular weight excluding hydrogens is 202 g/mol. The van der Waals surface area contributed by atoms with E-state index in [1.54, 1.807) is 7.11 Å². The molecule has 0 spiro atoms. The predicted octanol–water partition coefficient (Wildman–Crippen LogP) is 2.42. The molecule has 1 saturated carbocycles. The Labute approximate surface area is 95.3 Å². The molecule has 1 unspecified atom stereocenters. The van der Waals surface area contributed by atoms with Gasteiger partial charge >= 0.3 is 0 Å². The number of aliphatic hydroxyl groups is 1. The van der Waals surface area contributed by atoms with Crippen molar-refractivity contribution >= 4 is 0 Å². The summed E-state index contributed by atoms with van der Waals surface area (Å²) in [5, 5.41) is 19.0. The molecule has 0 saturated heterocycles. The van der Waals surface area contributed by atoms with Crippen LogP contribution < -0.4 is 4.74 Å². The molecule has 0 heterocycles. The molecule has 2 rings (SSSR count). The molecule has 1 aromatic carbocycles. The van der Waals surface area contributed by atoms with E-state index in [-0.39, 0.29) is 5.41 Å². The van der Waals surface area contributed by atoms with Crippen LogP contribution in [0, 0.1) is 16.7 Å². The molecule has 0 amide bonds. The number of ether oxygens (including phenoxy) is 1. The first-order valence-corrected chi connectivity index (χ1v) is 5.41. The minimum Gasteiger partial charge on any atom is -0.497 e. The largest absolute Gasteiger partial charge is 0.497 e. The highest BCUT2D eigenvalue weighted by Crippen LogP contribution is 2.57. The maximum Gasteiger partial charge on any atom is 0.118 e. The Hall–Kier alpha value is -1.53. The van der Waals surface area contributed by atoms with Gasteiger partial charge in [-0.15, -0.1) is 0 Å². The number of nitriles is 1. The molecule has 1 N–H and O–H groups in total. The first-order valence-electron chi connectivity index (χ1n) is 5.41. The van der Waals surface area contributed by atoms with E-state index in [1.165, 1.54) is 0 Å². The van der Waals surface area contributed by atoms with Crippen LogP contribution in [0.25, 0.3) is 0 Å². The fraction of sp³-hybridized carbons (Fsp3) is 0.462. The molecule has 0 aliphatic heterocycles. The third kappa shape index (κ3) is 1.89. The van der Waals surface area contributed by atoms with Crippen LogP contribution >= 0.6 is 0 Å². The Kier molecular flexibility index (Phi) is 2.84.